The van der Waals surface area contributed by atoms with Crippen LogP contribution in [-0.2, 0) is 4.79 Å². The number of pyridine rings is 1. The van der Waals surface area contributed by atoms with Crippen molar-refractivity contribution >= 4 is 17.5 Å². The van der Waals surface area contributed by atoms with Gasteiger partial charge in [-0.15, -0.1) is 0 Å². The van der Waals surface area contributed by atoms with Crippen LogP contribution in [0.1, 0.15) is 34.7 Å². The highest BCUT2D eigenvalue weighted by atomic mass is 16.2. The van der Waals surface area contributed by atoms with E-state index in [0.717, 1.165) is 6.08 Å². The highest BCUT2D eigenvalue weighted by Crippen LogP contribution is 2.17. The summed E-state index contributed by atoms with van der Waals surface area (Å²) in [7, 11) is 0. The highest BCUT2D eigenvalue weighted by Gasteiger charge is 2.27. The van der Waals surface area contributed by atoms with Crippen LogP contribution in [0.5, 0.6) is 0 Å². The van der Waals surface area contributed by atoms with E-state index >= 15 is 0 Å². The van der Waals surface area contributed by atoms with E-state index in [4.69, 9.17) is 0 Å². The summed E-state index contributed by atoms with van der Waals surface area (Å²) in [6.45, 7) is 3.42. The van der Waals surface area contributed by atoms with Gasteiger partial charge in [-0.05, 0) is 12.1 Å². The van der Waals surface area contributed by atoms with E-state index in [1.807, 2.05) is 0 Å². The van der Waals surface area contributed by atoms with Crippen LogP contribution < -0.4 is 5.32 Å². The lowest BCUT2D eigenvalue weighted by Gasteiger charge is -2.15. The number of allylic oxidation sites excluding steroid dienone is 2. The van der Waals surface area contributed by atoms with Gasteiger partial charge in [0.05, 0.1) is 11.3 Å². The summed E-state index contributed by atoms with van der Waals surface area (Å²) in [6.07, 6.45) is 2.58. The smallest absolute Gasteiger partial charge is 0.227 e. The Morgan fingerprint density at radius 1 is 1.33 bits per heavy atom. The molecule has 0 spiro atoms. The van der Waals surface area contributed by atoms with E-state index in [1.165, 1.54) is 12.3 Å². The Morgan fingerprint density at radius 2 is 2.06 bits per heavy atom. The number of ketones is 2. The molecule has 5 heteroatoms. The number of Topliss-reactive ketones (excluding diaryl/α,β-unsaturated/α-hetero) is 1. The molecule has 0 aromatic carbocycles. The largest absolute Gasteiger partial charge is 0.322 e. The molecule has 0 unspecified atom stereocenters. The first-order valence-electron chi connectivity index (χ1n) is 5.57. The molecule has 1 aromatic heterocycles. The van der Waals surface area contributed by atoms with Gasteiger partial charge in [0.15, 0.2) is 0 Å². The number of fused-ring (bicyclic) bond motifs is 1. The van der Waals surface area contributed by atoms with Crippen LogP contribution in [0.4, 0.5) is 0 Å². The Kier molecular flexibility index (Phi) is 3.06. The fourth-order valence-electron chi connectivity index (χ4n) is 1.56. The first-order chi connectivity index (χ1) is 8.50. The minimum Gasteiger partial charge on any atom is -0.322 e. The topological polar surface area (TPSA) is 76.1 Å². The van der Waals surface area contributed by atoms with Crippen LogP contribution >= 0.6 is 0 Å². The van der Waals surface area contributed by atoms with Gasteiger partial charge in [0, 0.05) is 18.2 Å². The molecule has 0 aliphatic heterocycles. The van der Waals surface area contributed by atoms with Crippen LogP contribution in [0.3, 0.4) is 0 Å². The van der Waals surface area contributed by atoms with Crippen molar-refractivity contribution in [3.05, 3.63) is 41.4 Å². The molecular weight excluding hydrogens is 232 g/mol. The second-order valence-corrected chi connectivity index (χ2v) is 4.29. The van der Waals surface area contributed by atoms with Crippen LogP contribution in [0.15, 0.2) is 30.1 Å². The molecular formula is C13H12N2O3. The number of aromatic nitrogens is 1. The fourth-order valence-corrected chi connectivity index (χ4v) is 1.56. The van der Waals surface area contributed by atoms with E-state index in [-0.39, 0.29) is 40.3 Å². The fraction of sp³-hybridized carbons (Fsp3) is 0.231. The van der Waals surface area contributed by atoms with Crippen LogP contribution in [-0.4, -0.2) is 22.5 Å². The van der Waals surface area contributed by atoms with Crippen LogP contribution in [0.25, 0.3) is 0 Å². The molecule has 1 aromatic rings. The van der Waals surface area contributed by atoms with Gasteiger partial charge in [-0.25, -0.2) is 0 Å². The van der Waals surface area contributed by atoms with E-state index in [9.17, 15) is 14.4 Å². The first-order valence-corrected chi connectivity index (χ1v) is 5.57. The molecule has 1 aliphatic carbocycles. The second-order valence-electron chi connectivity index (χ2n) is 4.29. The van der Waals surface area contributed by atoms with Gasteiger partial charge in [-0.1, -0.05) is 13.8 Å². The third-order valence-electron chi connectivity index (χ3n) is 2.59. The van der Waals surface area contributed by atoms with Crippen molar-refractivity contribution in [3.63, 3.8) is 0 Å². The van der Waals surface area contributed by atoms with Gasteiger partial charge in [-0.2, -0.15) is 0 Å². The lowest BCUT2D eigenvalue weighted by molar-refractivity contribution is -0.123. The minimum absolute atomic E-state index is 0.0131. The van der Waals surface area contributed by atoms with Crippen LogP contribution in [0.2, 0.25) is 0 Å². The molecule has 0 saturated heterocycles. The zero-order valence-electron chi connectivity index (χ0n) is 10.1. The molecule has 18 heavy (non-hydrogen) atoms. The lowest BCUT2D eigenvalue weighted by atomic mass is 9.97. The summed E-state index contributed by atoms with van der Waals surface area (Å²) in [5, 5.41) is 2.46. The average molecular weight is 244 g/mol. The number of carbonyl (C=O) groups excluding carboxylic acids is 3. The standard InChI is InChI=1S/C13H12N2O3/c1-7(2)13(18)15-9-6-10(16)11-8(12(9)17)4-3-5-14-11/h3-7H,1-2H3,(H,15,18). The number of carbonyl (C=O) groups is 3. The Morgan fingerprint density at radius 3 is 2.72 bits per heavy atom. The summed E-state index contributed by atoms with van der Waals surface area (Å²) in [5.41, 5.74) is 0.369. The van der Waals surface area contributed by atoms with Crippen molar-refractivity contribution in [2.75, 3.05) is 0 Å². The van der Waals surface area contributed by atoms with Gasteiger partial charge < -0.3 is 5.32 Å². The minimum atomic E-state index is -0.383. The molecule has 0 bridgehead atoms. The maximum absolute atomic E-state index is 12.0. The summed E-state index contributed by atoms with van der Waals surface area (Å²) in [6, 6.07) is 3.11. The predicted octanol–water partition coefficient (Wildman–Crippen LogP) is 1.12. The molecule has 2 rings (SSSR count). The van der Waals surface area contributed by atoms with E-state index in [0.29, 0.717) is 0 Å². The number of rotatable bonds is 2. The molecule has 0 saturated carbocycles. The van der Waals surface area contributed by atoms with Crippen LogP contribution in [0, 0.1) is 5.92 Å². The highest BCUT2D eigenvalue weighted by molar-refractivity contribution is 6.24. The first kappa shape index (κ1) is 12.2. The lowest BCUT2D eigenvalue weighted by Crippen LogP contribution is -2.34. The number of hydrogen-bond donors (Lipinski definition) is 1. The number of amides is 1. The molecule has 5 nitrogen and oxygen atoms in total. The normalized spacial score (nSPS) is 14.3. The molecule has 0 fully saturated rings. The van der Waals surface area contributed by atoms with Gasteiger partial charge in [0.1, 0.15) is 5.69 Å². The maximum Gasteiger partial charge on any atom is 0.227 e. The molecule has 1 N–H and O–H groups in total. The monoisotopic (exact) mass is 244 g/mol. The maximum atomic E-state index is 12.0. The zero-order valence-corrected chi connectivity index (χ0v) is 10.1. The van der Waals surface area contributed by atoms with Gasteiger partial charge in [-0.3, -0.25) is 19.4 Å². The van der Waals surface area contributed by atoms with Crippen molar-refractivity contribution in [2.45, 2.75) is 13.8 Å². The molecule has 92 valence electrons. The van der Waals surface area contributed by atoms with E-state index in [2.05, 4.69) is 10.3 Å². The Labute approximate surface area is 104 Å². The zero-order chi connectivity index (χ0) is 13.3. The van der Waals surface area contributed by atoms with E-state index in [1.54, 1.807) is 19.9 Å². The van der Waals surface area contributed by atoms with Crippen molar-refractivity contribution in [3.8, 4) is 0 Å². The quantitative estimate of drug-likeness (QED) is 0.845. The number of nitrogens with zero attached hydrogens (tertiary/aromatic N) is 1. The second kappa shape index (κ2) is 4.52. The summed E-state index contributed by atoms with van der Waals surface area (Å²) in [5.74, 6) is -1.31. The predicted molar refractivity (Wildman–Crippen MR) is 64.0 cm³/mol. The molecule has 0 atom stereocenters. The Hall–Kier alpha value is -2.30. The number of nitrogens with one attached hydrogen (secondary N) is 1. The third kappa shape index (κ3) is 2.07. The van der Waals surface area contributed by atoms with Crippen molar-refractivity contribution in [1.29, 1.82) is 0 Å². The van der Waals surface area contributed by atoms with Crippen molar-refractivity contribution in [1.82, 2.24) is 10.3 Å². The number of hydrogen-bond acceptors (Lipinski definition) is 4. The molecule has 1 amide bonds. The summed E-state index contributed by atoms with van der Waals surface area (Å²) >= 11 is 0. The summed E-state index contributed by atoms with van der Waals surface area (Å²) in [4.78, 5) is 39.2. The van der Waals surface area contributed by atoms with Crippen molar-refractivity contribution < 1.29 is 14.4 Å². The van der Waals surface area contributed by atoms with Gasteiger partial charge in [0.2, 0.25) is 17.5 Å². The Balaban J connectivity index is 2.34. The van der Waals surface area contributed by atoms with Crippen molar-refractivity contribution in [2.24, 2.45) is 5.92 Å². The van der Waals surface area contributed by atoms with Gasteiger partial charge in [0.25, 0.3) is 0 Å². The molecule has 0 radical (unpaired) electrons. The Bertz CT molecular complexity index is 573. The SMILES string of the molecule is CC(C)C(=O)NC1=CC(=O)c2ncccc2C1=O. The summed E-state index contributed by atoms with van der Waals surface area (Å²) < 4.78 is 0. The average Bonchev–Trinajstić information content (AvgIpc) is 2.35. The third-order valence-corrected chi connectivity index (χ3v) is 2.59. The molecule has 1 aliphatic rings. The van der Waals surface area contributed by atoms with Gasteiger partial charge >= 0.3 is 0 Å². The van der Waals surface area contributed by atoms with E-state index < -0.39 is 0 Å². The molecule has 1 heterocycles.